The van der Waals surface area contributed by atoms with Gasteiger partial charge in [-0.25, -0.2) is 0 Å². The van der Waals surface area contributed by atoms with Gasteiger partial charge in [0.15, 0.2) is 0 Å². The molecule has 0 N–H and O–H groups in total. The predicted molar refractivity (Wildman–Crippen MR) is 73.8 cm³/mol. The molecule has 0 unspecified atom stereocenters. The molecular formula is C16H17NO. The maximum Gasteiger partial charge on any atom is 0.105 e. The number of hydrogen-bond donors (Lipinski definition) is 0. The van der Waals surface area contributed by atoms with E-state index in [1.54, 1.807) is 0 Å². The molecule has 3 rings (SSSR count). The van der Waals surface area contributed by atoms with Gasteiger partial charge in [0.25, 0.3) is 0 Å². The summed E-state index contributed by atoms with van der Waals surface area (Å²) in [6.07, 6.45) is 0.317. The van der Waals surface area contributed by atoms with Crippen molar-refractivity contribution in [1.29, 1.82) is 0 Å². The summed E-state index contributed by atoms with van der Waals surface area (Å²) in [6.45, 7) is 0.858. The Balaban J connectivity index is 1.91. The zero-order valence-corrected chi connectivity index (χ0v) is 10.5. The maximum absolute atomic E-state index is 5.53. The van der Waals surface area contributed by atoms with Gasteiger partial charge in [-0.15, -0.1) is 0 Å². The Morgan fingerprint density at radius 3 is 2.11 bits per heavy atom. The molecule has 0 bridgehead atoms. The fourth-order valence-corrected chi connectivity index (χ4v) is 2.40. The van der Waals surface area contributed by atoms with Gasteiger partial charge >= 0.3 is 0 Å². The van der Waals surface area contributed by atoms with Crippen LogP contribution in [-0.2, 0) is 4.74 Å². The summed E-state index contributed by atoms with van der Waals surface area (Å²) >= 11 is 0. The molecule has 0 amide bonds. The first-order valence-electron chi connectivity index (χ1n) is 6.31. The molecule has 92 valence electrons. The lowest BCUT2D eigenvalue weighted by molar-refractivity contribution is 0.371. The Morgan fingerprint density at radius 2 is 1.56 bits per heavy atom. The highest BCUT2D eigenvalue weighted by atomic mass is 16.6. The lowest BCUT2D eigenvalue weighted by atomic mass is 10.0. The van der Waals surface area contributed by atoms with Crippen molar-refractivity contribution in [3.63, 3.8) is 0 Å². The second-order valence-corrected chi connectivity index (χ2v) is 4.67. The van der Waals surface area contributed by atoms with E-state index in [1.165, 1.54) is 11.3 Å². The SMILES string of the molecule is CN(c1ccccc1)[C@H](c1ccccc1)[C@H]1CO1. The van der Waals surface area contributed by atoms with Gasteiger partial charge in [-0.05, 0) is 17.7 Å². The van der Waals surface area contributed by atoms with Crippen LogP contribution in [0.3, 0.4) is 0 Å². The maximum atomic E-state index is 5.53. The summed E-state index contributed by atoms with van der Waals surface area (Å²) < 4.78 is 5.53. The number of ether oxygens (including phenoxy) is 1. The Labute approximate surface area is 108 Å². The summed E-state index contributed by atoms with van der Waals surface area (Å²) in [5, 5.41) is 0. The number of epoxide rings is 1. The number of benzene rings is 2. The Bertz CT molecular complexity index is 493. The van der Waals surface area contributed by atoms with Crippen molar-refractivity contribution in [1.82, 2.24) is 0 Å². The molecule has 2 atom stereocenters. The third-order valence-electron chi connectivity index (χ3n) is 3.43. The van der Waals surface area contributed by atoms with E-state index in [-0.39, 0.29) is 0 Å². The van der Waals surface area contributed by atoms with Crippen molar-refractivity contribution in [2.75, 3.05) is 18.6 Å². The normalized spacial score (nSPS) is 19.3. The highest BCUT2D eigenvalue weighted by molar-refractivity contribution is 5.48. The van der Waals surface area contributed by atoms with Crippen LogP contribution in [0.15, 0.2) is 60.7 Å². The molecule has 18 heavy (non-hydrogen) atoms. The predicted octanol–water partition coefficient (Wildman–Crippen LogP) is 3.26. The van der Waals surface area contributed by atoms with E-state index < -0.39 is 0 Å². The molecule has 2 nitrogen and oxygen atoms in total. The van der Waals surface area contributed by atoms with E-state index >= 15 is 0 Å². The van der Waals surface area contributed by atoms with Crippen molar-refractivity contribution in [2.45, 2.75) is 12.1 Å². The molecule has 0 aliphatic carbocycles. The van der Waals surface area contributed by atoms with Crippen molar-refractivity contribution < 1.29 is 4.74 Å². The van der Waals surface area contributed by atoms with E-state index in [2.05, 4.69) is 66.5 Å². The Kier molecular flexibility index (Phi) is 3.03. The first-order chi connectivity index (χ1) is 8.86. The third-order valence-corrected chi connectivity index (χ3v) is 3.43. The van der Waals surface area contributed by atoms with E-state index in [0.29, 0.717) is 12.1 Å². The van der Waals surface area contributed by atoms with Crippen LogP contribution in [0, 0.1) is 0 Å². The summed E-state index contributed by atoms with van der Waals surface area (Å²) in [7, 11) is 2.13. The van der Waals surface area contributed by atoms with Crippen LogP contribution in [-0.4, -0.2) is 19.8 Å². The van der Waals surface area contributed by atoms with Crippen LogP contribution < -0.4 is 4.90 Å². The molecule has 1 saturated heterocycles. The van der Waals surface area contributed by atoms with Gasteiger partial charge in [0.05, 0.1) is 12.6 Å². The smallest absolute Gasteiger partial charge is 0.105 e. The first kappa shape index (κ1) is 11.3. The summed E-state index contributed by atoms with van der Waals surface area (Å²) in [6, 6.07) is 21.3. The standard InChI is InChI=1S/C16H17NO/c1-17(14-10-6-3-7-11-14)16(15-12-18-15)13-8-4-2-5-9-13/h2-11,15-16H,12H2,1H3/t15-,16-/m1/s1. The minimum absolute atomic E-state index is 0.300. The van der Waals surface area contributed by atoms with Crippen molar-refractivity contribution in [3.8, 4) is 0 Å². The van der Waals surface area contributed by atoms with Gasteiger partial charge in [-0.2, -0.15) is 0 Å². The highest BCUT2D eigenvalue weighted by Gasteiger charge is 2.36. The van der Waals surface area contributed by atoms with Gasteiger partial charge in [-0.3, -0.25) is 0 Å². The fraction of sp³-hybridized carbons (Fsp3) is 0.250. The van der Waals surface area contributed by atoms with Gasteiger partial charge in [0.2, 0.25) is 0 Å². The molecule has 1 aliphatic rings. The zero-order chi connectivity index (χ0) is 12.4. The average Bonchev–Trinajstić information content (AvgIpc) is 3.26. The molecule has 1 fully saturated rings. The lowest BCUT2D eigenvalue weighted by Gasteiger charge is -2.29. The third kappa shape index (κ3) is 2.24. The molecule has 2 heteroatoms. The van der Waals surface area contributed by atoms with Crippen LogP contribution in [0.5, 0.6) is 0 Å². The topological polar surface area (TPSA) is 15.8 Å². The fourth-order valence-electron chi connectivity index (χ4n) is 2.40. The largest absolute Gasteiger partial charge is 0.371 e. The van der Waals surface area contributed by atoms with Gasteiger partial charge in [-0.1, -0.05) is 48.5 Å². The van der Waals surface area contributed by atoms with E-state index in [1.807, 2.05) is 6.07 Å². The lowest BCUT2D eigenvalue weighted by Crippen LogP contribution is -2.28. The average molecular weight is 239 g/mol. The van der Waals surface area contributed by atoms with Crippen molar-refractivity contribution in [3.05, 3.63) is 66.2 Å². The molecular weight excluding hydrogens is 222 g/mol. The van der Waals surface area contributed by atoms with E-state index in [9.17, 15) is 0 Å². The summed E-state index contributed by atoms with van der Waals surface area (Å²) in [5.41, 5.74) is 2.54. The van der Waals surface area contributed by atoms with Crippen LogP contribution in [0.2, 0.25) is 0 Å². The molecule has 1 heterocycles. The van der Waals surface area contributed by atoms with E-state index in [4.69, 9.17) is 4.74 Å². The number of likely N-dealkylation sites (N-methyl/N-ethyl adjacent to an activating group) is 1. The van der Waals surface area contributed by atoms with Crippen LogP contribution in [0.25, 0.3) is 0 Å². The molecule has 0 radical (unpaired) electrons. The minimum atomic E-state index is 0.300. The van der Waals surface area contributed by atoms with Gasteiger partial charge < -0.3 is 9.64 Å². The molecule has 1 aliphatic heterocycles. The number of hydrogen-bond acceptors (Lipinski definition) is 2. The second kappa shape index (κ2) is 4.83. The van der Waals surface area contributed by atoms with Crippen molar-refractivity contribution in [2.24, 2.45) is 0 Å². The number of rotatable bonds is 4. The second-order valence-electron chi connectivity index (χ2n) is 4.67. The number of nitrogens with zero attached hydrogens (tertiary/aromatic N) is 1. The van der Waals surface area contributed by atoms with Gasteiger partial charge in [0, 0.05) is 12.7 Å². The molecule has 0 aromatic heterocycles. The number of para-hydroxylation sites is 1. The molecule has 2 aromatic carbocycles. The quantitative estimate of drug-likeness (QED) is 0.761. The van der Waals surface area contributed by atoms with Crippen LogP contribution in [0.1, 0.15) is 11.6 Å². The summed E-state index contributed by atoms with van der Waals surface area (Å²) in [4.78, 5) is 2.30. The van der Waals surface area contributed by atoms with Gasteiger partial charge in [0.1, 0.15) is 6.10 Å². The monoisotopic (exact) mass is 239 g/mol. The molecule has 0 spiro atoms. The van der Waals surface area contributed by atoms with Crippen LogP contribution in [0.4, 0.5) is 5.69 Å². The zero-order valence-electron chi connectivity index (χ0n) is 10.5. The van der Waals surface area contributed by atoms with Crippen LogP contribution >= 0.6 is 0 Å². The van der Waals surface area contributed by atoms with Crippen molar-refractivity contribution >= 4 is 5.69 Å². The Morgan fingerprint density at radius 1 is 1.00 bits per heavy atom. The first-order valence-corrected chi connectivity index (χ1v) is 6.31. The molecule has 2 aromatic rings. The highest BCUT2D eigenvalue weighted by Crippen LogP contribution is 2.34. The van der Waals surface area contributed by atoms with E-state index in [0.717, 1.165) is 6.61 Å². The number of anilines is 1. The molecule has 0 saturated carbocycles. The minimum Gasteiger partial charge on any atom is -0.371 e. The Hall–Kier alpha value is -1.80. The summed E-state index contributed by atoms with van der Waals surface area (Å²) in [5.74, 6) is 0.